The van der Waals surface area contributed by atoms with Crippen LogP contribution in [0.2, 0.25) is 0 Å². The number of cyclic esters (lactones) is 1. The molecule has 3 aliphatic rings. The molecule has 16 heteroatoms. The standard InChI is InChI=1S/C52H67F2N7O7/c1-11-37(45(55-13-3)32(6)67-10)47-39-27-52(7,8)30-68-51(66)40-18-15-22-61(57-40)50(65)41(56-48(63)46(31(4)5)58(9)49(64)36-21-23-59(28-36)44(62)12-2)25-33-16-14-17-34(24-33)35-19-20-42(38(39)26-35)60(47)29-43(53)54/h11-14,16-17,19-20,24,26,31-32,36,40-41,43,46,57H,1-2,15,18,21-23,25,27-30H2,3-10H3,(H,56,63)/b45-37+,55-13?/t32-,36-,40-,41-,46-/m0/s1. The van der Waals surface area contributed by atoms with Gasteiger partial charge < -0.3 is 29.2 Å². The van der Waals surface area contributed by atoms with Crippen molar-refractivity contribution in [2.24, 2.45) is 22.2 Å². The molecule has 2 N–H and O–H groups in total. The monoisotopic (exact) mass is 940 g/mol. The predicted molar refractivity (Wildman–Crippen MR) is 259 cm³/mol. The number of esters is 1. The van der Waals surface area contributed by atoms with Crippen LogP contribution >= 0.6 is 0 Å². The number of benzene rings is 2. The molecular weight excluding hydrogens is 873 g/mol. The van der Waals surface area contributed by atoms with Crippen molar-refractivity contribution < 1.29 is 42.2 Å². The van der Waals surface area contributed by atoms with E-state index in [4.69, 9.17) is 9.47 Å². The number of aromatic nitrogens is 1. The number of alkyl halides is 2. The van der Waals surface area contributed by atoms with Gasteiger partial charge >= 0.3 is 5.97 Å². The summed E-state index contributed by atoms with van der Waals surface area (Å²) in [5.41, 5.74) is 7.52. The van der Waals surface area contributed by atoms with E-state index in [1.54, 1.807) is 42.8 Å². The largest absolute Gasteiger partial charge is 0.464 e. The molecule has 3 aliphatic heterocycles. The molecule has 3 aromatic rings. The third-order valence-corrected chi connectivity index (χ3v) is 13.2. The fourth-order valence-corrected chi connectivity index (χ4v) is 9.80. The van der Waals surface area contributed by atoms with E-state index in [0.717, 1.165) is 16.7 Å². The van der Waals surface area contributed by atoms with Crippen molar-refractivity contribution in [1.29, 1.82) is 0 Å². The fourth-order valence-electron chi connectivity index (χ4n) is 9.80. The number of hydrogen-bond acceptors (Lipinski definition) is 9. The zero-order valence-corrected chi connectivity index (χ0v) is 40.6. The first-order valence-electron chi connectivity index (χ1n) is 23.5. The number of carbonyl (C=O) groups is 5. The zero-order chi connectivity index (χ0) is 49.6. The molecule has 0 radical (unpaired) electrons. The molecule has 6 rings (SSSR count). The molecule has 4 amide bonds. The van der Waals surface area contributed by atoms with Crippen molar-refractivity contribution in [2.75, 3.05) is 40.4 Å². The lowest BCUT2D eigenvalue weighted by atomic mass is 9.84. The number of amides is 4. The Morgan fingerprint density at radius 2 is 1.79 bits per heavy atom. The molecule has 14 nitrogen and oxygen atoms in total. The third-order valence-electron chi connectivity index (χ3n) is 13.2. The first-order chi connectivity index (χ1) is 32.3. The highest BCUT2D eigenvalue weighted by molar-refractivity contribution is 5.96. The Kier molecular flexibility index (Phi) is 16.6. The maximum atomic E-state index is 14.7. The average molecular weight is 940 g/mol. The maximum absolute atomic E-state index is 14.7. The van der Waals surface area contributed by atoms with Gasteiger partial charge in [0.25, 0.3) is 12.3 Å². The maximum Gasteiger partial charge on any atom is 0.324 e. The van der Waals surface area contributed by atoms with E-state index < -0.39 is 66.3 Å². The Bertz CT molecular complexity index is 2480. The van der Waals surface area contributed by atoms with Gasteiger partial charge in [-0.25, -0.2) is 14.2 Å². The second-order valence-electron chi connectivity index (χ2n) is 19.2. The van der Waals surface area contributed by atoms with Gasteiger partial charge in [-0.15, -0.1) is 0 Å². The van der Waals surface area contributed by atoms with Crippen LogP contribution in [0.15, 0.2) is 78.5 Å². The number of fused-ring (bicyclic) bond motifs is 6. The quantitative estimate of drug-likeness (QED) is 0.0825. The number of methoxy groups -OCH3 is 1. The van der Waals surface area contributed by atoms with Crippen LogP contribution in [0, 0.1) is 17.3 Å². The minimum atomic E-state index is -2.70. The Hall–Kier alpha value is -6.00. The van der Waals surface area contributed by atoms with E-state index in [2.05, 4.69) is 28.9 Å². The number of nitrogens with one attached hydrogen (secondary N) is 2. The molecule has 0 aliphatic carbocycles. The molecular formula is C52H67F2N7O7. The SMILES string of the molecule is C=CC(=O)N1CC[C@H](C(=O)N(C)[C@H](C(=O)N[C@H]2Cc3cccc(c3)-c3ccc4c(c3)c(c(/C(C=C)=C(/N=CC)[C@H](C)OC)n4CC(F)F)CC(C)(C)COC(=O)[C@@H]3CCCN(N3)C2=O)C(C)C)C1. The van der Waals surface area contributed by atoms with Crippen LogP contribution in [0.25, 0.3) is 27.6 Å². The molecule has 0 saturated carbocycles. The van der Waals surface area contributed by atoms with E-state index in [9.17, 15) is 32.8 Å². The Morgan fingerprint density at radius 1 is 1.06 bits per heavy atom. The molecule has 2 aromatic carbocycles. The van der Waals surface area contributed by atoms with E-state index in [-0.39, 0.29) is 43.8 Å². The van der Waals surface area contributed by atoms with E-state index in [1.807, 2.05) is 77.1 Å². The van der Waals surface area contributed by atoms with Crippen LogP contribution in [0.1, 0.15) is 77.6 Å². The number of likely N-dealkylation sites (N-methyl/N-ethyl adjacent to an activating group) is 1. The lowest BCUT2D eigenvalue weighted by molar-refractivity contribution is -0.155. The average Bonchev–Trinajstić information content (AvgIpc) is 3.92. The van der Waals surface area contributed by atoms with Crippen LogP contribution in [-0.4, -0.2) is 126 Å². The van der Waals surface area contributed by atoms with Crippen molar-refractivity contribution in [3.8, 4) is 11.1 Å². The number of likely N-dealkylation sites (tertiary alicyclic amines) is 1. The first kappa shape index (κ1) is 51.4. The summed E-state index contributed by atoms with van der Waals surface area (Å²) in [5, 5.41) is 5.10. The van der Waals surface area contributed by atoms with Crippen molar-refractivity contribution in [1.82, 2.24) is 30.1 Å². The number of allylic oxidation sites excluding steroid dienone is 2. The minimum Gasteiger partial charge on any atom is -0.464 e. The Morgan fingerprint density at radius 3 is 2.46 bits per heavy atom. The van der Waals surface area contributed by atoms with Crippen molar-refractivity contribution in [3.05, 3.63) is 90.3 Å². The molecule has 2 saturated heterocycles. The Labute approximate surface area is 398 Å². The molecule has 2 fully saturated rings. The number of hydrogen-bond donors (Lipinski definition) is 2. The number of hydrazine groups is 1. The number of carbonyl (C=O) groups excluding carboxylic acids is 5. The highest BCUT2D eigenvalue weighted by atomic mass is 19.3. The van der Waals surface area contributed by atoms with Crippen molar-refractivity contribution >= 4 is 52.3 Å². The van der Waals surface area contributed by atoms with Gasteiger partial charge in [0.2, 0.25) is 17.7 Å². The predicted octanol–water partition coefficient (Wildman–Crippen LogP) is 6.76. The molecule has 5 atom stereocenters. The lowest BCUT2D eigenvalue weighted by Gasteiger charge is -2.37. The molecule has 6 bridgehead atoms. The third kappa shape index (κ3) is 11.3. The summed E-state index contributed by atoms with van der Waals surface area (Å²) in [4.78, 5) is 77.0. The molecule has 0 spiro atoms. The topological polar surface area (TPSA) is 155 Å². The number of nitrogens with zero attached hydrogens (tertiary/aromatic N) is 5. The van der Waals surface area contributed by atoms with Crippen molar-refractivity contribution in [3.63, 3.8) is 0 Å². The van der Waals surface area contributed by atoms with Gasteiger partial charge in [-0.3, -0.25) is 34.0 Å². The Balaban J connectivity index is 1.47. The molecule has 68 heavy (non-hydrogen) atoms. The second-order valence-corrected chi connectivity index (χ2v) is 19.2. The smallest absolute Gasteiger partial charge is 0.324 e. The molecule has 1 aromatic heterocycles. The number of rotatable bonds is 13. The van der Waals surface area contributed by atoms with Gasteiger partial charge in [0.1, 0.15) is 18.1 Å². The van der Waals surface area contributed by atoms with Crippen LogP contribution < -0.4 is 10.7 Å². The molecule has 4 heterocycles. The van der Waals surface area contributed by atoms with Crippen LogP contribution in [0.5, 0.6) is 0 Å². The van der Waals surface area contributed by atoms with Gasteiger partial charge in [0, 0.05) is 68.3 Å². The second kappa shape index (κ2) is 22.0. The van der Waals surface area contributed by atoms with Crippen LogP contribution in [-0.2, 0) is 52.8 Å². The van der Waals surface area contributed by atoms with Crippen LogP contribution in [0.3, 0.4) is 0 Å². The summed E-state index contributed by atoms with van der Waals surface area (Å²) < 4.78 is 42.8. The minimum absolute atomic E-state index is 0.0345. The summed E-state index contributed by atoms with van der Waals surface area (Å²) >= 11 is 0. The number of aliphatic imine (C=N–C) groups is 1. The van der Waals surface area contributed by atoms with Gasteiger partial charge in [-0.1, -0.05) is 77.3 Å². The summed E-state index contributed by atoms with van der Waals surface area (Å²) in [6.45, 7) is 19.1. The van der Waals surface area contributed by atoms with Gasteiger partial charge in [0.05, 0.1) is 36.6 Å². The zero-order valence-electron chi connectivity index (χ0n) is 40.6. The summed E-state index contributed by atoms with van der Waals surface area (Å²) in [6, 6.07) is 10.3. The van der Waals surface area contributed by atoms with Gasteiger partial charge in [0.15, 0.2) is 0 Å². The first-order valence-corrected chi connectivity index (χ1v) is 23.5. The molecule has 0 unspecified atom stereocenters. The lowest BCUT2D eigenvalue weighted by Crippen LogP contribution is -2.62. The van der Waals surface area contributed by atoms with Crippen LogP contribution in [0.4, 0.5) is 8.78 Å². The van der Waals surface area contributed by atoms with E-state index in [1.165, 1.54) is 16.0 Å². The summed E-state index contributed by atoms with van der Waals surface area (Å²) in [6.07, 6.45) is 2.93. The normalized spacial score (nSPS) is 21.3. The highest BCUT2D eigenvalue weighted by Gasteiger charge is 2.40. The summed E-state index contributed by atoms with van der Waals surface area (Å²) in [7, 11) is 3.13. The van der Waals surface area contributed by atoms with Gasteiger partial charge in [-0.05, 0) is 85.9 Å². The van der Waals surface area contributed by atoms with Gasteiger partial charge in [-0.2, -0.15) is 0 Å². The number of halogens is 2. The van der Waals surface area contributed by atoms with E-state index in [0.29, 0.717) is 65.7 Å². The molecule has 366 valence electrons. The van der Waals surface area contributed by atoms with E-state index >= 15 is 0 Å². The summed E-state index contributed by atoms with van der Waals surface area (Å²) in [5.74, 6) is -2.95. The fraction of sp³-hybridized carbons (Fsp3) is 0.500. The highest BCUT2D eigenvalue weighted by Crippen LogP contribution is 2.41. The number of ether oxygens (including phenoxy) is 2. The van der Waals surface area contributed by atoms with Crippen molar-refractivity contribution in [2.45, 2.75) is 111 Å².